The zero-order valence-corrected chi connectivity index (χ0v) is 11.0. The average Bonchev–Trinajstić information content (AvgIpc) is 2.87. The Morgan fingerprint density at radius 2 is 2.28 bits per heavy atom. The Morgan fingerprint density at radius 1 is 1.44 bits per heavy atom. The Hall–Kier alpha value is -1.95. The predicted octanol–water partition coefficient (Wildman–Crippen LogP) is 2.38. The number of fused-ring (bicyclic) bond motifs is 1. The van der Waals surface area contributed by atoms with Crippen LogP contribution >= 0.6 is 12.2 Å². The van der Waals surface area contributed by atoms with E-state index in [0.717, 1.165) is 28.8 Å². The number of nitrogens with zero attached hydrogens (tertiary/aromatic N) is 4. The predicted molar refractivity (Wildman–Crippen MR) is 72.4 cm³/mol. The van der Waals surface area contributed by atoms with Gasteiger partial charge in [-0.1, -0.05) is 6.92 Å². The second-order valence-electron chi connectivity index (χ2n) is 4.15. The van der Waals surface area contributed by atoms with E-state index in [1.165, 1.54) is 0 Å². The van der Waals surface area contributed by atoms with Crippen molar-refractivity contribution in [2.75, 3.05) is 0 Å². The van der Waals surface area contributed by atoms with Gasteiger partial charge in [-0.2, -0.15) is 5.10 Å². The summed E-state index contributed by atoms with van der Waals surface area (Å²) in [5.41, 5.74) is 4.03. The first-order valence-electron chi connectivity index (χ1n) is 5.78. The average molecular weight is 259 g/mol. The summed E-state index contributed by atoms with van der Waals surface area (Å²) in [7, 11) is 1.92. The molecule has 0 unspecified atom stereocenters. The summed E-state index contributed by atoms with van der Waals surface area (Å²) in [6.07, 6.45) is 6.41. The summed E-state index contributed by atoms with van der Waals surface area (Å²) in [5.74, 6) is 0. The van der Waals surface area contributed by atoms with Crippen LogP contribution in [0.3, 0.4) is 0 Å². The summed E-state index contributed by atoms with van der Waals surface area (Å²) in [6, 6.07) is 1.95. The topological polar surface area (TPSA) is 51.4 Å². The number of hydrogen-bond acceptors (Lipinski definition) is 3. The number of aromatic nitrogens is 5. The number of rotatable bonds is 2. The Balaban J connectivity index is 2.37. The van der Waals surface area contributed by atoms with Gasteiger partial charge in [-0.15, -0.1) is 0 Å². The van der Waals surface area contributed by atoms with Crippen molar-refractivity contribution in [1.82, 2.24) is 24.3 Å². The zero-order chi connectivity index (χ0) is 12.7. The highest BCUT2D eigenvalue weighted by Gasteiger charge is 2.12. The summed E-state index contributed by atoms with van der Waals surface area (Å²) >= 11 is 5.39. The van der Waals surface area contributed by atoms with Crippen molar-refractivity contribution in [2.24, 2.45) is 7.05 Å². The maximum absolute atomic E-state index is 5.39. The maximum atomic E-state index is 5.39. The summed E-state index contributed by atoms with van der Waals surface area (Å²) < 4.78 is 4.49. The van der Waals surface area contributed by atoms with Gasteiger partial charge in [-0.3, -0.25) is 14.2 Å². The lowest BCUT2D eigenvalue weighted by molar-refractivity contribution is 0.746. The molecule has 0 aliphatic heterocycles. The third kappa shape index (κ3) is 1.57. The molecule has 0 aliphatic rings. The number of hydrogen-bond donors (Lipinski definition) is 1. The smallest absolute Gasteiger partial charge is 0.182 e. The number of H-pyrrole nitrogens is 1. The van der Waals surface area contributed by atoms with Gasteiger partial charge in [-0.05, 0) is 24.7 Å². The Labute approximate surface area is 109 Å². The van der Waals surface area contributed by atoms with E-state index >= 15 is 0 Å². The Morgan fingerprint density at radius 3 is 3.06 bits per heavy atom. The SMILES string of the molecule is CCc1nn(C)cc1-n1c(=S)[nH]c2cnccc21. The molecular weight excluding hydrogens is 246 g/mol. The third-order valence-electron chi connectivity index (χ3n) is 2.94. The highest BCUT2D eigenvalue weighted by atomic mass is 32.1. The molecule has 3 rings (SSSR count). The second-order valence-corrected chi connectivity index (χ2v) is 4.53. The van der Waals surface area contributed by atoms with Gasteiger partial charge in [0.05, 0.1) is 28.6 Å². The van der Waals surface area contributed by atoms with E-state index in [1.54, 1.807) is 12.4 Å². The molecule has 0 aliphatic carbocycles. The summed E-state index contributed by atoms with van der Waals surface area (Å²) in [4.78, 5) is 7.26. The molecule has 0 amide bonds. The molecule has 3 aromatic rings. The lowest BCUT2D eigenvalue weighted by Gasteiger charge is -2.02. The molecule has 3 aromatic heterocycles. The first kappa shape index (κ1) is 11.2. The molecule has 5 nitrogen and oxygen atoms in total. The van der Waals surface area contributed by atoms with Gasteiger partial charge in [0.25, 0.3) is 0 Å². The minimum absolute atomic E-state index is 0.667. The van der Waals surface area contributed by atoms with Crippen molar-refractivity contribution in [3.63, 3.8) is 0 Å². The standard InChI is InChI=1S/C12H13N5S/c1-3-8-11(7-16(2)15-8)17-10-4-5-13-6-9(10)14-12(17)18/h4-7H,3H2,1-2H3,(H,14,18). The van der Waals surface area contributed by atoms with Crippen molar-refractivity contribution in [1.29, 1.82) is 0 Å². The van der Waals surface area contributed by atoms with E-state index in [-0.39, 0.29) is 0 Å². The van der Waals surface area contributed by atoms with E-state index in [4.69, 9.17) is 12.2 Å². The quantitative estimate of drug-likeness (QED) is 0.719. The lowest BCUT2D eigenvalue weighted by atomic mass is 10.3. The van der Waals surface area contributed by atoms with E-state index < -0.39 is 0 Å². The summed E-state index contributed by atoms with van der Waals surface area (Å²) in [5, 5.41) is 4.45. The van der Waals surface area contributed by atoms with Crippen molar-refractivity contribution < 1.29 is 0 Å². The highest BCUT2D eigenvalue weighted by Crippen LogP contribution is 2.21. The van der Waals surface area contributed by atoms with Crippen LogP contribution in [0.15, 0.2) is 24.7 Å². The number of nitrogens with one attached hydrogen (secondary N) is 1. The number of imidazole rings is 1. The van der Waals surface area contributed by atoms with Crippen LogP contribution in [0.2, 0.25) is 0 Å². The third-order valence-corrected chi connectivity index (χ3v) is 3.23. The van der Waals surface area contributed by atoms with Gasteiger partial charge in [0.15, 0.2) is 4.77 Å². The van der Waals surface area contributed by atoms with Crippen LogP contribution < -0.4 is 0 Å². The summed E-state index contributed by atoms with van der Waals surface area (Å²) in [6.45, 7) is 2.09. The van der Waals surface area contributed by atoms with Crippen molar-refractivity contribution >= 4 is 23.3 Å². The molecule has 3 heterocycles. The molecule has 6 heteroatoms. The first-order valence-corrected chi connectivity index (χ1v) is 6.19. The number of aromatic amines is 1. The first-order chi connectivity index (χ1) is 8.70. The van der Waals surface area contributed by atoms with Gasteiger partial charge in [0, 0.05) is 19.4 Å². The second kappa shape index (κ2) is 4.06. The molecule has 0 spiro atoms. The van der Waals surface area contributed by atoms with Gasteiger partial charge in [0.1, 0.15) is 0 Å². The van der Waals surface area contributed by atoms with Gasteiger partial charge in [0.2, 0.25) is 0 Å². The fourth-order valence-corrected chi connectivity index (χ4v) is 2.47. The minimum atomic E-state index is 0.667. The molecular formula is C12H13N5S. The van der Waals surface area contributed by atoms with Crippen LogP contribution in [0.25, 0.3) is 16.7 Å². The maximum Gasteiger partial charge on any atom is 0.182 e. The van der Waals surface area contributed by atoms with Gasteiger partial charge < -0.3 is 4.98 Å². The van der Waals surface area contributed by atoms with Crippen LogP contribution in [0.4, 0.5) is 0 Å². The monoisotopic (exact) mass is 259 g/mol. The van der Waals surface area contributed by atoms with E-state index in [9.17, 15) is 0 Å². The largest absolute Gasteiger partial charge is 0.329 e. The molecule has 1 N–H and O–H groups in total. The molecule has 0 atom stereocenters. The normalized spacial score (nSPS) is 11.2. The molecule has 92 valence electrons. The zero-order valence-electron chi connectivity index (χ0n) is 10.2. The van der Waals surface area contributed by atoms with Crippen molar-refractivity contribution in [2.45, 2.75) is 13.3 Å². The molecule has 0 bridgehead atoms. The molecule has 18 heavy (non-hydrogen) atoms. The van der Waals surface area contributed by atoms with E-state index in [2.05, 4.69) is 22.0 Å². The molecule has 0 radical (unpaired) electrons. The number of pyridine rings is 1. The van der Waals surface area contributed by atoms with Crippen LogP contribution in [0.1, 0.15) is 12.6 Å². The lowest BCUT2D eigenvalue weighted by Crippen LogP contribution is -1.96. The van der Waals surface area contributed by atoms with Gasteiger partial charge >= 0.3 is 0 Å². The van der Waals surface area contributed by atoms with Crippen LogP contribution in [0, 0.1) is 4.77 Å². The van der Waals surface area contributed by atoms with Crippen LogP contribution in [-0.2, 0) is 13.5 Å². The van der Waals surface area contributed by atoms with Crippen molar-refractivity contribution in [3.8, 4) is 5.69 Å². The Kier molecular flexibility index (Phi) is 2.52. The van der Waals surface area contributed by atoms with Crippen molar-refractivity contribution in [3.05, 3.63) is 35.1 Å². The van der Waals surface area contributed by atoms with Crippen LogP contribution in [-0.4, -0.2) is 24.3 Å². The fraction of sp³-hybridized carbons (Fsp3) is 0.250. The minimum Gasteiger partial charge on any atom is -0.329 e. The molecule has 0 fully saturated rings. The van der Waals surface area contributed by atoms with Crippen LogP contribution in [0.5, 0.6) is 0 Å². The van der Waals surface area contributed by atoms with E-state index in [1.807, 2.05) is 28.6 Å². The molecule has 0 saturated heterocycles. The molecule has 0 saturated carbocycles. The van der Waals surface area contributed by atoms with Gasteiger partial charge in [-0.25, -0.2) is 0 Å². The highest BCUT2D eigenvalue weighted by molar-refractivity contribution is 7.71. The van der Waals surface area contributed by atoms with E-state index in [0.29, 0.717) is 4.77 Å². The Bertz CT molecular complexity index is 764. The molecule has 0 aromatic carbocycles. The number of aryl methyl sites for hydroxylation is 2. The fourth-order valence-electron chi connectivity index (χ4n) is 2.16.